The third-order valence-corrected chi connectivity index (χ3v) is 12.6. The molecule has 15 heteroatoms. The molecule has 326 valence electrons. The van der Waals surface area contributed by atoms with Crippen LogP contribution in [0.2, 0.25) is 0 Å². The Labute approximate surface area is 334 Å². The quantitative estimate of drug-likeness (QED) is 0.197. The number of hydrogen-bond acceptors (Lipinski definition) is 15. The number of nitrogens with zero attached hydrogens (tertiary/aromatic N) is 2. The van der Waals surface area contributed by atoms with E-state index in [2.05, 4.69) is 6.58 Å². The summed E-state index contributed by atoms with van der Waals surface area (Å²) in [5.74, 6) is -3.36. The van der Waals surface area contributed by atoms with Crippen LogP contribution in [0.25, 0.3) is 0 Å². The molecular weight excluding hydrogens is 728 g/mol. The summed E-state index contributed by atoms with van der Waals surface area (Å²) < 4.78 is 43.7. The van der Waals surface area contributed by atoms with Crippen LogP contribution in [0.1, 0.15) is 94.9 Å². The number of methoxy groups -OCH3 is 1. The number of likely N-dealkylation sites (N-methyl/N-ethyl adjacent to an activating group) is 2. The Hall–Kier alpha value is -1.76. The van der Waals surface area contributed by atoms with Crippen LogP contribution in [0, 0.1) is 17.8 Å². The highest BCUT2D eigenvalue weighted by Gasteiger charge is 2.53. The zero-order chi connectivity index (χ0) is 42.7. The van der Waals surface area contributed by atoms with E-state index in [-0.39, 0.29) is 37.3 Å². The standard InChI is InChI=1S/C41H74N2O13/c1-16-29-41(11,49)34(46)26(7)43(14)21-22(3)19-39(9,48)35(56-38-32(45)28(42(12)13)18-23(4)51-38)24(5)33(25(6)37(47)53-29)55-31-20-40(10,50-15)36(27(8)52-31)54-30(44)17-2/h17,22-29,31-36,38,45-46,48-49H,2,16,18-21H2,1,3-15H3/t22-,23-,24+,25-,26-,27+,28+,29-,31?,32+,33+,34-,35-,36+,38?,39-,40+,41-/m1/s1. The van der Waals surface area contributed by atoms with Crippen LogP contribution in [-0.4, -0.2) is 167 Å². The molecule has 15 nitrogen and oxygen atoms in total. The van der Waals surface area contributed by atoms with Gasteiger partial charge in [0.1, 0.15) is 29.5 Å². The van der Waals surface area contributed by atoms with Gasteiger partial charge >= 0.3 is 11.9 Å². The van der Waals surface area contributed by atoms with Crippen LogP contribution < -0.4 is 0 Å². The molecule has 56 heavy (non-hydrogen) atoms. The van der Waals surface area contributed by atoms with Gasteiger partial charge in [-0.3, -0.25) is 4.79 Å². The highest BCUT2D eigenvalue weighted by molar-refractivity contribution is 5.81. The first-order chi connectivity index (χ1) is 25.8. The highest BCUT2D eigenvalue weighted by atomic mass is 16.7. The van der Waals surface area contributed by atoms with E-state index < -0.39 is 102 Å². The largest absolute Gasteiger partial charge is 0.459 e. The fourth-order valence-corrected chi connectivity index (χ4v) is 9.12. The molecule has 0 aromatic rings. The van der Waals surface area contributed by atoms with Gasteiger partial charge < -0.3 is 63.4 Å². The number of hydrogen-bond donors (Lipinski definition) is 4. The number of carbonyl (C=O) groups excluding carboxylic acids is 2. The third kappa shape index (κ3) is 11.1. The summed E-state index contributed by atoms with van der Waals surface area (Å²) in [6.45, 7) is 21.5. The van der Waals surface area contributed by atoms with Gasteiger partial charge in [0.05, 0.1) is 35.9 Å². The summed E-state index contributed by atoms with van der Waals surface area (Å²) in [6.07, 6.45) is -7.42. The number of cyclic esters (lactones) is 1. The number of aliphatic hydroxyl groups is 4. The summed E-state index contributed by atoms with van der Waals surface area (Å²) in [5.41, 5.74) is -4.49. The van der Waals surface area contributed by atoms with Crippen LogP contribution >= 0.6 is 0 Å². The van der Waals surface area contributed by atoms with Gasteiger partial charge in [0.2, 0.25) is 0 Å². The normalized spacial score (nSPS) is 46.7. The summed E-state index contributed by atoms with van der Waals surface area (Å²) >= 11 is 0. The second kappa shape index (κ2) is 19.5. The van der Waals surface area contributed by atoms with Crippen LogP contribution in [-0.2, 0) is 42.7 Å². The number of esters is 2. The fourth-order valence-electron chi connectivity index (χ4n) is 9.12. The van der Waals surface area contributed by atoms with Gasteiger partial charge in [-0.15, -0.1) is 0 Å². The second-order valence-electron chi connectivity index (χ2n) is 17.8. The molecule has 2 unspecified atom stereocenters. The monoisotopic (exact) mass is 803 g/mol. The average molecular weight is 803 g/mol. The SMILES string of the molecule is C=CC(=O)O[C@H]1[C@H](C)OC(O[C@H]2[C@H](C)[C@@H](OC3O[C@H](C)C[C@H](N(C)C)[C@@H]3O)[C@](C)(O)C[C@@H](C)CN(C)[C@H](C)[C@@H](O)[C@](C)(O)[C@@H](CC)OC(=O)[C@@H]2C)C[C@]1(C)OC. The Morgan fingerprint density at radius 3 is 2.20 bits per heavy atom. The molecule has 0 aromatic heterocycles. The van der Waals surface area contributed by atoms with Crippen molar-refractivity contribution in [3.63, 3.8) is 0 Å². The van der Waals surface area contributed by atoms with Crippen molar-refractivity contribution < 1.29 is 63.2 Å². The van der Waals surface area contributed by atoms with Crippen molar-refractivity contribution in [2.24, 2.45) is 17.8 Å². The van der Waals surface area contributed by atoms with E-state index in [0.717, 1.165) is 6.08 Å². The van der Waals surface area contributed by atoms with Gasteiger partial charge in [0.25, 0.3) is 0 Å². The lowest BCUT2D eigenvalue weighted by Crippen LogP contribution is -2.61. The molecule has 0 radical (unpaired) electrons. The first-order valence-electron chi connectivity index (χ1n) is 20.2. The predicted molar refractivity (Wildman–Crippen MR) is 208 cm³/mol. The minimum Gasteiger partial charge on any atom is -0.459 e. The number of ether oxygens (including phenoxy) is 7. The van der Waals surface area contributed by atoms with Gasteiger partial charge in [-0.05, 0) is 94.8 Å². The zero-order valence-corrected chi connectivity index (χ0v) is 36.3. The Morgan fingerprint density at radius 1 is 1.02 bits per heavy atom. The zero-order valence-electron chi connectivity index (χ0n) is 36.3. The number of rotatable bonds is 9. The summed E-state index contributed by atoms with van der Waals surface area (Å²) in [6, 6.07) is -0.849. The van der Waals surface area contributed by atoms with Gasteiger partial charge in [-0.25, -0.2) is 4.79 Å². The minimum atomic E-state index is -1.82. The Bertz CT molecular complexity index is 1300. The lowest BCUT2D eigenvalue weighted by atomic mass is 9.77. The van der Waals surface area contributed by atoms with Crippen molar-refractivity contribution in [1.82, 2.24) is 9.80 Å². The van der Waals surface area contributed by atoms with E-state index in [1.807, 2.05) is 44.8 Å². The molecule has 0 amide bonds. The second-order valence-corrected chi connectivity index (χ2v) is 17.8. The van der Waals surface area contributed by atoms with Crippen LogP contribution in [0.4, 0.5) is 0 Å². The van der Waals surface area contributed by atoms with Crippen molar-refractivity contribution in [3.05, 3.63) is 12.7 Å². The Kier molecular flexibility index (Phi) is 17.0. The topological polar surface area (TPSA) is 186 Å². The van der Waals surface area contributed by atoms with Crippen molar-refractivity contribution in [3.8, 4) is 0 Å². The van der Waals surface area contributed by atoms with Crippen molar-refractivity contribution in [2.45, 2.75) is 185 Å². The minimum absolute atomic E-state index is 0.0854. The molecule has 3 aliphatic rings. The summed E-state index contributed by atoms with van der Waals surface area (Å²) in [5, 5.41) is 47.5. The van der Waals surface area contributed by atoms with E-state index >= 15 is 0 Å². The van der Waals surface area contributed by atoms with E-state index in [9.17, 15) is 30.0 Å². The maximum atomic E-state index is 14.3. The Morgan fingerprint density at radius 2 is 1.64 bits per heavy atom. The average Bonchev–Trinajstić information content (AvgIpc) is 3.11. The molecule has 0 aromatic carbocycles. The molecule has 4 N–H and O–H groups in total. The molecule has 0 saturated carbocycles. The molecule has 0 bridgehead atoms. The molecule has 3 saturated heterocycles. The lowest BCUT2D eigenvalue weighted by molar-refractivity contribution is -0.318. The molecule has 3 heterocycles. The number of aliphatic hydroxyl groups excluding tert-OH is 2. The van der Waals surface area contributed by atoms with Crippen LogP contribution in [0.3, 0.4) is 0 Å². The van der Waals surface area contributed by atoms with E-state index in [1.54, 1.807) is 48.5 Å². The maximum Gasteiger partial charge on any atom is 0.330 e. The fraction of sp³-hybridized carbons (Fsp3) is 0.902. The predicted octanol–water partition coefficient (Wildman–Crippen LogP) is 2.64. The maximum absolute atomic E-state index is 14.3. The lowest BCUT2D eigenvalue weighted by Gasteiger charge is -2.49. The molecule has 0 spiro atoms. The van der Waals surface area contributed by atoms with Crippen molar-refractivity contribution >= 4 is 11.9 Å². The molecule has 18 atom stereocenters. The van der Waals surface area contributed by atoms with Gasteiger partial charge in [-0.1, -0.05) is 27.4 Å². The molecule has 3 aliphatic heterocycles. The van der Waals surface area contributed by atoms with Crippen LogP contribution in [0.5, 0.6) is 0 Å². The van der Waals surface area contributed by atoms with Gasteiger partial charge in [-0.2, -0.15) is 0 Å². The van der Waals surface area contributed by atoms with E-state index in [0.29, 0.717) is 13.0 Å². The van der Waals surface area contributed by atoms with Gasteiger partial charge in [0, 0.05) is 44.2 Å². The summed E-state index contributed by atoms with van der Waals surface area (Å²) in [4.78, 5) is 30.5. The Balaban J connectivity index is 2.18. The number of carbonyl (C=O) groups is 2. The van der Waals surface area contributed by atoms with Crippen molar-refractivity contribution in [1.29, 1.82) is 0 Å². The van der Waals surface area contributed by atoms with Crippen LogP contribution in [0.15, 0.2) is 12.7 Å². The molecular formula is C41H74N2O13. The van der Waals surface area contributed by atoms with Gasteiger partial charge in [0.15, 0.2) is 18.7 Å². The molecule has 3 rings (SSSR count). The van der Waals surface area contributed by atoms with E-state index in [4.69, 9.17) is 33.2 Å². The first-order valence-corrected chi connectivity index (χ1v) is 20.2. The van der Waals surface area contributed by atoms with E-state index in [1.165, 1.54) is 14.0 Å². The summed E-state index contributed by atoms with van der Waals surface area (Å²) in [7, 11) is 7.09. The highest BCUT2D eigenvalue weighted by Crippen LogP contribution is 2.41. The first kappa shape index (κ1) is 48.6. The smallest absolute Gasteiger partial charge is 0.330 e. The van der Waals surface area contributed by atoms with Crippen molar-refractivity contribution in [2.75, 3.05) is 34.8 Å². The third-order valence-electron chi connectivity index (χ3n) is 12.6. The molecule has 3 fully saturated rings. The molecule has 0 aliphatic carbocycles.